The van der Waals surface area contributed by atoms with E-state index in [4.69, 9.17) is 9.97 Å². The van der Waals surface area contributed by atoms with Crippen LogP contribution in [-0.4, -0.2) is 70.6 Å². The van der Waals surface area contributed by atoms with Gasteiger partial charge in [0, 0.05) is 43.6 Å². The zero-order valence-corrected chi connectivity index (χ0v) is 19.8. The summed E-state index contributed by atoms with van der Waals surface area (Å²) in [6.07, 6.45) is 13.5. The van der Waals surface area contributed by atoms with Gasteiger partial charge in [0.2, 0.25) is 5.95 Å². The summed E-state index contributed by atoms with van der Waals surface area (Å²) >= 11 is 0. The molecule has 0 N–H and O–H groups in total. The largest absolute Gasteiger partial charge is 0.332 e. The summed E-state index contributed by atoms with van der Waals surface area (Å²) in [7, 11) is 0. The number of likely N-dealkylation sites (tertiary alicyclic amines) is 2. The van der Waals surface area contributed by atoms with E-state index in [0.717, 1.165) is 25.0 Å². The first kappa shape index (κ1) is 22.0. The molecule has 3 saturated heterocycles. The lowest BCUT2D eigenvalue weighted by molar-refractivity contribution is 0.176. The third-order valence-electron chi connectivity index (χ3n) is 7.69. The van der Waals surface area contributed by atoms with Crippen molar-refractivity contribution in [1.82, 2.24) is 19.8 Å². The van der Waals surface area contributed by atoms with E-state index >= 15 is 0 Å². The average molecular weight is 414 g/mol. The van der Waals surface area contributed by atoms with E-state index in [0.29, 0.717) is 24.0 Å². The van der Waals surface area contributed by atoms with E-state index in [1.165, 1.54) is 70.1 Å². The highest BCUT2D eigenvalue weighted by molar-refractivity contribution is 5.38. The Balaban J connectivity index is 1.27. The van der Waals surface area contributed by atoms with Gasteiger partial charge in [-0.15, -0.1) is 0 Å². The second-order valence-electron chi connectivity index (χ2n) is 10.7. The van der Waals surface area contributed by atoms with Crippen LogP contribution in [0.1, 0.15) is 84.1 Å². The summed E-state index contributed by atoms with van der Waals surface area (Å²) in [5.41, 5.74) is 1.35. The van der Waals surface area contributed by atoms with Crippen LogP contribution >= 0.6 is 0 Å². The Bertz CT molecular complexity index is 636. The van der Waals surface area contributed by atoms with E-state index < -0.39 is 0 Å². The Kier molecular flexibility index (Phi) is 7.30. The average Bonchev–Trinajstić information content (AvgIpc) is 3.00. The Labute approximate surface area is 184 Å². The van der Waals surface area contributed by atoms with Crippen molar-refractivity contribution in [2.24, 2.45) is 5.92 Å². The van der Waals surface area contributed by atoms with Gasteiger partial charge < -0.3 is 9.80 Å². The van der Waals surface area contributed by atoms with Crippen molar-refractivity contribution in [3.05, 3.63) is 18.0 Å². The zero-order valence-electron chi connectivity index (χ0n) is 19.8. The van der Waals surface area contributed by atoms with Gasteiger partial charge in [0.25, 0.3) is 0 Å². The summed E-state index contributed by atoms with van der Waals surface area (Å²) in [6, 6.07) is 1.83. The molecule has 1 aromatic heterocycles. The maximum absolute atomic E-state index is 4.87. The van der Waals surface area contributed by atoms with Crippen LogP contribution in [0.2, 0.25) is 0 Å². The van der Waals surface area contributed by atoms with Crippen LogP contribution in [-0.2, 0) is 0 Å². The molecule has 3 aliphatic heterocycles. The number of unbranched alkanes of at least 4 members (excludes halogenated alkanes) is 1. The van der Waals surface area contributed by atoms with Gasteiger partial charge in [-0.25, -0.2) is 9.97 Å². The van der Waals surface area contributed by atoms with Crippen molar-refractivity contribution in [2.45, 2.75) is 96.7 Å². The second kappa shape index (κ2) is 9.95. The lowest BCUT2D eigenvalue weighted by atomic mass is 9.91. The predicted molar refractivity (Wildman–Crippen MR) is 125 cm³/mol. The molecule has 0 aromatic carbocycles. The van der Waals surface area contributed by atoms with Crippen LogP contribution in [0.3, 0.4) is 0 Å². The van der Waals surface area contributed by atoms with Gasteiger partial charge >= 0.3 is 0 Å². The third-order valence-corrected chi connectivity index (χ3v) is 7.69. The molecule has 3 fully saturated rings. The summed E-state index contributed by atoms with van der Waals surface area (Å²) in [5.74, 6) is 2.45. The van der Waals surface area contributed by atoms with Crippen molar-refractivity contribution < 1.29 is 0 Å². The Morgan fingerprint density at radius 3 is 2.10 bits per heavy atom. The molecule has 4 rings (SSSR count). The minimum Gasteiger partial charge on any atom is -0.332 e. The van der Waals surface area contributed by atoms with Crippen molar-refractivity contribution >= 4 is 5.95 Å². The number of aromatic nitrogens is 2. The normalized spacial score (nSPS) is 26.3. The molecule has 0 spiro atoms. The van der Waals surface area contributed by atoms with Crippen LogP contribution in [0.15, 0.2) is 12.4 Å². The highest BCUT2D eigenvalue weighted by Crippen LogP contribution is 2.34. The van der Waals surface area contributed by atoms with Crippen LogP contribution in [0, 0.1) is 5.92 Å². The number of rotatable bonds is 8. The molecule has 30 heavy (non-hydrogen) atoms. The Morgan fingerprint density at radius 2 is 1.53 bits per heavy atom. The van der Waals surface area contributed by atoms with Gasteiger partial charge in [-0.05, 0) is 83.0 Å². The molecule has 0 radical (unpaired) electrons. The molecule has 0 amide bonds. The van der Waals surface area contributed by atoms with Gasteiger partial charge in [0.1, 0.15) is 0 Å². The van der Waals surface area contributed by atoms with Gasteiger partial charge in [-0.3, -0.25) is 4.90 Å². The molecule has 5 nitrogen and oxygen atoms in total. The van der Waals surface area contributed by atoms with Crippen LogP contribution in [0.25, 0.3) is 0 Å². The predicted octanol–water partition coefficient (Wildman–Crippen LogP) is 4.54. The van der Waals surface area contributed by atoms with Crippen molar-refractivity contribution in [2.75, 3.05) is 37.6 Å². The number of hydrogen-bond donors (Lipinski definition) is 0. The SMILES string of the molecule is CC(C)CCCCN1CCC(c2cnc(N3C4CCC3CN(C(C)C)C4)nc2)CC1. The van der Waals surface area contributed by atoms with Crippen LogP contribution < -0.4 is 4.90 Å². The number of fused-ring (bicyclic) bond motifs is 2. The second-order valence-corrected chi connectivity index (χ2v) is 10.7. The standard InChI is InChI=1S/C25H43N5/c1-19(2)7-5-6-12-28-13-10-21(11-14-28)22-15-26-25(27-16-22)30-23-8-9-24(30)18-29(17-23)20(3)4/h15-16,19-21,23-24H,5-14,17-18H2,1-4H3. The summed E-state index contributed by atoms with van der Waals surface area (Å²) < 4.78 is 0. The maximum atomic E-state index is 4.87. The van der Waals surface area contributed by atoms with Gasteiger partial charge in [-0.2, -0.15) is 0 Å². The summed E-state index contributed by atoms with van der Waals surface area (Å²) in [5, 5.41) is 0. The molecule has 2 unspecified atom stereocenters. The van der Waals surface area contributed by atoms with E-state index in [2.05, 4.69) is 54.8 Å². The highest BCUT2D eigenvalue weighted by Gasteiger charge is 2.41. The van der Waals surface area contributed by atoms with Crippen molar-refractivity contribution in [3.8, 4) is 0 Å². The minimum atomic E-state index is 0.593. The molecular formula is C25H43N5. The first-order chi connectivity index (χ1) is 14.5. The molecule has 2 bridgehead atoms. The smallest absolute Gasteiger partial charge is 0.225 e. The first-order valence-electron chi connectivity index (χ1n) is 12.6. The monoisotopic (exact) mass is 413 g/mol. The Hall–Kier alpha value is -1.20. The quantitative estimate of drug-likeness (QED) is 0.585. The molecular weight excluding hydrogens is 370 g/mol. The van der Waals surface area contributed by atoms with Crippen LogP contribution in [0.5, 0.6) is 0 Å². The van der Waals surface area contributed by atoms with E-state index in [9.17, 15) is 0 Å². The van der Waals surface area contributed by atoms with Crippen LogP contribution in [0.4, 0.5) is 5.95 Å². The third kappa shape index (κ3) is 5.16. The van der Waals surface area contributed by atoms with Gasteiger partial charge in [-0.1, -0.05) is 26.7 Å². The van der Waals surface area contributed by atoms with E-state index in [1.54, 1.807) is 0 Å². The van der Waals surface area contributed by atoms with Gasteiger partial charge in [0.15, 0.2) is 0 Å². The fraction of sp³-hybridized carbons (Fsp3) is 0.840. The van der Waals surface area contributed by atoms with E-state index in [-0.39, 0.29) is 0 Å². The zero-order chi connectivity index (χ0) is 21.1. The Morgan fingerprint density at radius 1 is 0.900 bits per heavy atom. The lowest BCUT2D eigenvalue weighted by Crippen LogP contribution is -2.56. The molecule has 168 valence electrons. The number of nitrogens with zero attached hydrogens (tertiary/aromatic N) is 5. The van der Waals surface area contributed by atoms with Crippen molar-refractivity contribution in [1.29, 1.82) is 0 Å². The topological polar surface area (TPSA) is 35.5 Å². The molecule has 4 heterocycles. The molecule has 5 heteroatoms. The number of piperazine rings is 1. The fourth-order valence-electron chi connectivity index (χ4n) is 5.74. The van der Waals surface area contributed by atoms with Crippen molar-refractivity contribution in [3.63, 3.8) is 0 Å². The maximum Gasteiger partial charge on any atom is 0.225 e. The molecule has 0 aliphatic carbocycles. The fourth-order valence-corrected chi connectivity index (χ4v) is 5.74. The lowest BCUT2D eigenvalue weighted by Gasteiger charge is -2.42. The molecule has 3 aliphatic rings. The number of piperidine rings is 1. The van der Waals surface area contributed by atoms with Gasteiger partial charge in [0.05, 0.1) is 0 Å². The molecule has 2 atom stereocenters. The van der Waals surface area contributed by atoms with E-state index in [1.807, 2.05) is 0 Å². The minimum absolute atomic E-state index is 0.593. The molecule has 0 saturated carbocycles. The number of anilines is 1. The number of hydrogen-bond acceptors (Lipinski definition) is 5. The summed E-state index contributed by atoms with van der Waals surface area (Å²) in [4.78, 5) is 17.6. The first-order valence-corrected chi connectivity index (χ1v) is 12.6. The summed E-state index contributed by atoms with van der Waals surface area (Å²) in [6.45, 7) is 15.4. The molecule has 1 aromatic rings. The highest BCUT2D eigenvalue weighted by atomic mass is 15.4.